The summed E-state index contributed by atoms with van der Waals surface area (Å²) in [6, 6.07) is 0. The highest BCUT2D eigenvalue weighted by molar-refractivity contribution is 5.91. The molecule has 6 nitrogen and oxygen atoms in total. The lowest BCUT2D eigenvalue weighted by molar-refractivity contribution is 0.0821. The Morgan fingerprint density at radius 3 is 2.75 bits per heavy atom. The first kappa shape index (κ1) is 14.7. The maximum atomic E-state index is 11.9. The van der Waals surface area contributed by atoms with Crippen LogP contribution in [-0.4, -0.2) is 73.5 Å². The number of amides is 1. The Kier molecular flexibility index (Phi) is 4.54. The summed E-state index contributed by atoms with van der Waals surface area (Å²) < 4.78 is 0. The first-order valence-corrected chi connectivity index (χ1v) is 6.90. The zero-order valence-corrected chi connectivity index (χ0v) is 12.7. The quantitative estimate of drug-likeness (QED) is 0.805. The highest BCUT2D eigenvalue weighted by Crippen LogP contribution is 2.22. The second kappa shape index (κ2) is 6.17. The SMILES string of the molecule is CN(C)C[C@H]1CCN(c2cncc(C(=O)N(C)C)n2)C1. The van der Waals surface area contributed by atoms with Gasteiger partial charge in [-0.15, -0.1) is 0 Å². The van der Waals surface area contributed by atoms with E-state index >= 15 is 0 Å². The third-order valence-electron chi connectivity index (χ3n) is 3.48. The van der Waals surface area contributed by atoms with Crippen LogP contribution >= 0.6 is 0 Å². The van der Waals surface area contributed by atoms with Gasteiger partial charge in [-0.2, -0.15) is 0 Å². The Balaban J connectivity index is 2.07. The van der Waals surface area contributed by atoms with Crippen molar-refractivity contribution < 1.29 is 4.79 Å². The maximum absolute atomic E-state index is 11.9. The predicted molar refractivity (Wildman–Crippen MR) is 78.9 cm³/mol. The number of carbonyl (C=O) groups excluding carboxylic acids is 1. The highest BCUT2D eigenvalue weighted by atomic mass is 16.2. The third-order valence-corrected chi connectivity index (χ3v) is 3.48. The van der Waals surface area contributed by atoms with Crippen LogP contribution in [-0.2, 0) is 0 Å². The molecule has 110 valence electrons. The smallest absolute Gasteiger partial charge is 0.273 e. The van der Waals surface area contributed by atoms with Crippen LogP contribution in [0.25, 0.3) is 0 Å². The number of rotatable bonds is 4. The molecule has 1 saturated heterocycles. The monoisotopic (exact) mass is 277 g/mol. The van der Waals surface area contributed by atoms with E-state index in [2.05, 4.69) is 33.9 Å². The van der Waals surface area contributed by atoms with Crippen molar-refractivity contribution in [2.75, 3.05) is 52.7 Å². The first-order valence-electron chi connectivity index (χ1n) is 6.90. The zero-order chi connectivity index (χ0) is 14.7. The molecule has 0 saturated carbocycles. The van der Waals surface area contributed by atoms with Crippen LogP contribution in [0, 0.1) is 5.92 Å². The number of carbonyl (C=O) groups is 1. The molecule has 0 spiro atoms. The summed E-state index contributed by atoms with van der Waals surface area (Å²) in [6.07, 6.45) is 4.43. The van der Waals surface area contributed by atoms with Crippen molar-refractivity contribution in [2.24, 2.45) is 5.92 Å². The van der Waals surface area contributed by atoms with Gasteiger partial charge < -0.3 is 14.7 Å². The van der Waals surface area contributed by atoms with Gasteiger partial charge in [0, 0.05) is 33.7 Å². The number of aromatic nitrogens is 2. The van der Waals surface area contributed by atoms with Crippen molar-refractivity contribution >= 4 is 11.7 Å². The molecule has 1 aliphatic heterocycles. The molecule has 0 aliphatic carbocycles. The fourth-order valence-corrected chi connectivity index (χ4v) is 2.55. The molecule has 0 aromatic carbocycles. The van der Waals surface area contributed by atoms with Gasteiger partial charge in [-0.05, 0) is 26.4 Å². The van der Waals surface area contributed by atoms with E-state index in [1.54, 1.807) is 20.3 Å². The topological polar surface area (TPSA) is 52.6 Å². The molecule has 1 aliphatic rings. The molecular weight excluding hydrogens is 254 g/mol. The van der Waals surface area contributed by atoms with Crippen LogP contribution in [0.1, 0.15) is 16.9 Å². The lowest BCUT2D eigenvalue weighted by Crippen LogP contribution is -2.27. The van der Waals surface area contributed by atoms with Crippen molar-refractivity contribution in [3.05, 3.63) is 18.1 Å². The van der Waals surface area contributed by atoms with E-state index in [1.807, 2.05) is 0 Å². The number of hydrogen-bond acceptors (Lipinski definition) is 5. The third kappa shape index (κ3) is 3.45. The molecule has 0 unspecified atom stereocenters. The average molecular weight is 277 g/mol. The second-order valence-corrected chi connectivity index (χ2v) is 5.83. The van der Waals surface area contributed by atoms with E-state index in [0.29, 0.717) is 11.6 Å². The average Bonchev–Trinajstić information content (AvgIpc) is 2.85. The van der Waals surface area contributed by atoms with E-state index in [9.17, 15) is 4.79 Å². The Morgan fingerprint density at radius 2 is 2.10 bits per heavy atom. The van der Waals surface area contributed by atoms with E-state index < -0.39 is 0 Å². The van der Waals surface area contributed by atoms with Gasteiger partial charge in [-0.1, -0.05) is 0 Å². The molecule has 1 atom stereocenters. The molecule has 2 rings (SSSR count). The van der Waals surface area contributed by atoms with Gasteiger partial charge in [-0.3, -0.25) is 9.78 Å². The lowest BCUT2D eigenvalue weighted by atomic mass is 10.1. The van der Waals surface area contributed by atoms with Crippen molar-refractivity contribution in [3.63, 3.8) is 0 Å². The Morgan fingerprint density at radius 1 is 1.35 bits per heavy atom. The van der Waals surface area contributed by atoms with Crippen molar-refractivity contribution in [3.8, 4) is 0 Å². The van der Waals surface area contributed by atoms with E-state index in [0.717, 1.165) is 31.9 Å². The van der Waals surface area contributed by atoms with Gasteiger partial charge in [0.1, 0.15) is 11.5 Å². The number of hydrogen-bond donors (Lipinski definition) is 0. The molecule has 1 aromatic rings. The Labute approximate surface area is 120 Å². The minimum absolute atomic E-state index is 0.108. The van der Waals surface area contributed by atoms with Crippen molar-refractivity contribution in [1.82, 2.24) is 19.8 Å². The summed E-state index contributed by atoms with van der Waals surface area (Å²) in [5.41, 5.74) is 0.406. The van der Waals surface area contributed by atoms with E-state index in [1.165, 1.54) is 11.1 Å². The van der Waals surface area contributed by atoms with Crippen LogP contribution in [0.2, 0.25) is 0 Å². The summed E-state index contributed by atoms with van der Waals surface area (Å²) in [5.74, 6) is 1.35. The summed E-state index contributed by atoms with van der Waals surface area (Å²) in [6.45, 7) is 3.04. The molecule has 0 bridgehead atoms. The Hall–Kier alpha value is -1.69. The van der Waals surface area contributed by atoms with Gasteiger partial charge in [0.2, 0.25) is 0 Å². The summed E-state index contributed by atoms with van der Waals surface area (Å²) in [4.78, 5) is 26.5. The van der Waals surface area contributed by atoms with Gasteiger partial charge in [0.15, 0.2) is 0 Å². The largest absolute Gasteiger partial charge is 0.355 e. The molecule has 20 heavy (non-hydrogen) atoms. The van der Waals surface area contributed by atoms with Crippen LogP contribution in [0.3, 0.4) is 0 Å². The fourth-order valence-electron chi connectivity index (χ4n) is 2.55. The van der Waals surface area contributed by atoms with Crippen LogP contribution in [0.5, 0.6) is 0 Å². The lowest BCUT2D eigenvalue weighted by Gasteiger charge is -2.19. The predicted octanol–water partition coefficient (Wildman–Crippen LogP) is 0.566. The van der Waals surface area contributed by atoms with Crippen molar-refractivity contribution in [1.29, 1.82) is 0 Å². The molecule has 0 radical (unpaired) electrons. The van der Waals surface area contributed by atoms with Crippen LogP contribution in [0.4, 0.5) is 5.82 Å². The molecular formula is C14H23N5O. The molecule has 0 N–H and O–H groups in total. The summed E-state index contributed by atoms with van der Waals surface area (Å²) in [7, 11) is 7.64. The van der Waals surface area contributed by atoms with E-state index in [4.69, 9.17) is 0 Å². The molecule has 1 fully saturated rings. The van der Waals surface area contributed by atoms with Crippen LogP contribution < -0.4 is 4.90 Å². The summed E-state index contributed by atoms with van der Waals surface area (Å²) >= 11 is 0. The van der Waals surface area contributed by atoms with Crippen molar-refractivity contribution in [2.45, 2.75) is 6.42 Å². The zero-order valence-electron chi connectivity index (χ0n) is 12.7. The Bertz CT molecular complexity index is 474. The molecule has 1 amide bonds. The maximum Gasteiger partial charge on any atom is 0.273 e. The first-order chi connectivity index (χ1) is 9.47. The van der Waals surface area contributed by atoms with Gasteiger partial charge in [0.05, 0.1) is 12.4 Å². The fraction of sp³-hybridized carbons (Fsp3) is 0.643. The van der Waals surface area contributed by atoms with Gasteiger partial charge >= 0.3 is 0 Å². The second-order valence-electron chi connectivity index (χ2n) is 5.83. The number of nitrogens with zero attached hydrogens (tertiary/aromatic N) is 5. The number of anilines is 1. The molecule has 6 heteroatoms. The minimum Gasteiger partial charge on any atom is -0.355 e. The standard InChI is InChI=1S/C14H23N5O/c1-17(2)9-11-5-6-19(10-11)13-8-15-7-12(16-13)14(20)18(3)4/h7-8,11H,5-6,9-10H2,1-4H3/t11-/m1/s1. The van der Waals surface area contributed by atoms with Gasteiger partial charge in [-0.25, -0.2) is 4.98 Å². The van der Waals surface area contributed by atoms with Crippen LogP contribution in [0.15, 0.2) is 12.4 Å². The van der Waals surface area contributed by atoms with E-state index in [-0.39, 0.29) is 5.91 Å². The van der Waals surface area contributed by atoms with Gasteiger partial charge in [0.25, 0.3) is 5.91 Å². The molecule has 1 aromatic heterocycles. The highest BCUT2D eigenvalue weighted by Gasteiger charge is 2.24. The summed E-state index contributed by atoms with van der Waals surface area (Å²) in [5, 5.41) is 0. The normalized spacial score (nSPS) is 18.6. The molecule has 2 heterocycles. The minimum atomic E-state index is -0.108.